The van der Waals surface area contributed by atoms with Gasteiger partial charge in [-0.1, -0.05) is 30.3 Å². The summed E-state index contributed by atoms with van der Waals surface area (Å²) in [6.45, 7) is 0.472. The van der Waals surface area contributed by atoms with Crippen molar-refractivity contribution in [2.75, 3.05) is 18.7 Å². The van der Waals surface area contributed by atoms with Gasteiger partial charge in [0.15, 0.2) is 11.5 Å². The van der Waals surface area contributed by atoms with Crippen molar-refractivity contribution in [1.29, 1.82) is 0 Å². The van der Waals surface area contributed by atoms with Crippen LogP contribution in [0.4, 0.5) is 5.69 Å². The van der Waals surface area contributed by atoms with Crippen molar-refractivity contribution in [3.05, 3.63) is 48.0 Å². The molecule has 106 valence electrons. The van der Waals surface area contributed by atoms with Crippen molar-refractivity contribution in [3.63, 3.8) is 0 Å². The molecule has 0 unspecified atom stereocenters. The molecule has 0 aromatic heterocycles. The van der Waals surface area contributed by atoms with E-state index in [1.807, 2.05) is 36.4 Å². The van der Waals surface area contributed by atoms with Crippen molar-refractivity contribution in [2.24, 2.45) is 5.73 Å². The number of anilines is 1. The van der Waals surface area contributed by atoms with Gasteiger partial charge in [0, 0.05) is 22.5 Å². The van der Waals surface area contributed by atoms with Crippen molar-refractivity contribution in [3.8, 4) is 11.5 Å². The molecule has 0 saturated carbocycles. The second-order valence-electron chi connectivity index (χ2n) is 4.13. The number of rotatable bonds is 6. The maximum Gasteiger partial charge on any atom is 0.163 e. The third-order valence-electron chi connectivity index (χ3n) is 2.77. The van der Waals surface area contributed by atoms with Crippen LogP contribution in [-0.2, 0) is 6.61 Å². The Hall–Kier alpha value is -1.85. The number of hydrogen-bond donors (Lipinski definition) is 2. The zero-order chi connectivity index (χ0) is 14.4. The van der Waals surface area contributed by atoms with Gasteiger partial charge in [0.25, 0.3) is 0 Å². The molecule has 0 fully saturated rings. The molecule has 0 bridgehead atoms. The van der Waals surface area contributed by atoms with Gasteiger partial charge >= 0.3 is 0 Å². The molecular formula is C15H18N2O2S. The fourth-order valence-electron chi connectivity index (χ4n) is 1.78. The fourth-order valence-corrected chi connectivity index (χ4v) is 2.37. The van der Waals surface area contributed by atoms with E-state index in [9.17, 15) is 0 Å². The Balaban J connectivity index is 2.16. The van der Waals surface area contributed by atoms with E-state index in [2.05, 4.69) is 0 Å². The second-order valence-corrected chi connectivity index (χ2v) is 5.19. The van der Waals surface area contributed by atoms with Crippen LogP contribution in [0.2, 0.25) is 0 Å². The summed E-state index contributed by atoms with van der Waals surface area (Å²) < 4.78 is 11.1. The first kappa shape index (κ1) is 14.6. The highest BCUT2D eigenvalue weighted by Crippen LogP contribution is 2.36. The quantitative estimate of drug-likeness (QED) is 0.486. The number of nitrogen functional groups attached to an aromatic ring is 1. The lowest BCUT2D eigenvalue weighted by Gasteiger charge is -2.14. The Labute approximate surface area is 123 Å². The molecule has 0 spiro atoms. The average Bonchev–Trinajstić information content (AvgIpc) is 2.48. The van der Waals surface area contributed by atoms with Gasteiger partial charge in [-0.15, -0.1) is 11.8 Å². The van der Waals surface area contributed by atoms with E-state index in [0.717, 1.165) is 10.5 Å². The number of ether oxygens (including phenoxy) is 2. The lowest BCUT2D eigenvalue weighted by molar-refractivity contribution is 0.284. The molecule has 2 aromatic rings. The lowest BCUT2D eigenvalue weighted by Crippen LogP contribution is -2.01. The molecule has 4 nitrogen and oxygen atoms in total. The largest absolute Gasteiger partial charge is 0.493 e. The van der Waals surface area contributed by atoms with E-state index in [1.165, 1.54) is 11.8 Å². The Morgan fingerprint density at radius 3 is 2.50 bits per heavy atom. The SMILES string of the molecule is COc1cc(SCN)c(N)cc1OCc1ccccc1. The molecule has 0 radical (unpaired) electrons. The number of thioether (sulfide) groups is 1. The smallest absolute Gasteiger partial charge is 0.163 e. The van der Waals surface area contributed by atoms with E-state index in [0.29, 0.717) is 29.7 Å². The van der Waals surface area contributed by atoms with Crippen LogP contribution in [0, 0.1) is 0 Å². The summed E-state index contributed by atoms with van der Waals surface area (Å²) in [7, 11) is 1.61. The number of nitrogens with two attached hydrogens (primary N) is 2. The molecule has 2 rings (SSSR count). The zero-order valence-electron chi connectivity index (χ0n) is 11.3. The molecule has 0 saturated heterocycles. The third kappa shape index (κ3) is 3.59. The summed E-state index contributed by atoms with van der Waals surface area (Å²) in [4.78, 5) is 0.899. The van der Waals surface area contributed by atoms with Gasteiger partial charge in [-0.05, 0) is 11.6 Å². The number of hydrogen-bond acceptors (Lipinski definition) is 5. The molecule has 0 aliphatic rings. The molecule has 20 heavy (non-hydrogen) atoms. The minimum absolute atomic E-state index is 0.470. The summed E-state index contributed by atoms with van der Waals surface area (Å²) in [6, 6.07) is 13.6. The highest BCUT2D eigenvalue weighted by Gasteiger charge is 2.10. The van der Waals surface area contributed by atoms with Gasteiger partial charge in [-0.2, -0.15) is 0 Å². The summed E-state index contributed by atoms with van der Waals surface area (Å²) in [6.07, 6.45) is 0. The minimum Gasteiger partial charge on any atom is -0.493 e. The first-order valence-electron chi connectivity index (χ1n) is 6.21. The van der Waals surface area contributed by atoms with Crippen LogP contribution < -0.4 is 20.9 Å². The van der Waals surface area contributed by atoms with Gasteiger partial charge < -0.3 is 20.9 Å². The first-order valence-corrected chi connectivity index (χ1v) is 7.20. The monoisotopic (exact) mass is 290 g/mol. The summed E-state index contributed by atoms with van der Waals surface area (Å²) in [5, 5.41) is 0. The maximum absolute atomic E-state index is 5.99. The summed E-state index contributed by atoms with van der Waals surface area (Å²) in [5.74, 6) is 1.76. The van der Waals surface area contributed by atoms with E-state index < -0.39 is 0 Å². The van der Waals surface area contributed by atoms with Crippen molar-refractivity contribution >= 4 is 17.4 Å². The van der Waals surface area contributed by atoms with E-state index in [-0.39, 0.29) is 0 Å². The summed E-state index contributed by atoms with van der Waals surface area (Å²) in [5.41, 5.74) is 13.3. The van der Waals surface area contributed by atoms with Crippen molar-refractivity contribution < 1.29 is 9.47 Å². The van der Waals surface area contributed by atoms with E-state index in [1.54, 1.807) is 13.2 Å². The molecule has 0 aliphatic heterocycles. The third-order valence-corrected chi connectivity index (χ3v) is 3.60. The molecule has 2 aromatic carbocycles. The van der Waals surface area contributed by atoms with Crippen LogP contribution >= 0.6 is 11.8 Å². The van der Waals surface area contributed by atoms with E-state index in [4.69, 9.17) is 20.9 Å². The average molecular weight is 290 g/mol. The van der Waals surface area contributed by atoms with Crippen molar-refractivity contribution in [2.45, 2.75) is 11.5 Å². The lowest BCUT2D eigenvalue weighted by atomic mass is 10.2. The molecule has 0 aliphatic carbocycles. The van der Waals surface area contributed by atoms with Crippen LogP contribution in [0.25, 0.3) is 0 Å². The predicted molar refractivity (Wildman–Crippen MR) is 83.1 cm³/mol. The molecular weight excluding hydrogens is 272 g/mol. The normalized spacial score (nSPS) is 10.3. The van der Waals surface area contributed by atoms with Gasteiger partial charge in [0.1, 0.15) is 6.61 Å². The molecule has 0 amide bonds. The van der Waals surface area contributed by atoms with Crippen molar-refractivity contribution in [1.82, 2.24) is 0 Å². The second kappa shape index (κ2) is 7.07. The highest BCUT2D eigenvalue weighted by molar-refractivity contribution is 7.99. The standard InChI is InChI=1S/C15H18N2O2S/c1-18-13-8-15(20-10-16)12(17)7-14(13)19-9-11-5-3-2-4-6-11/h2-8H,9-10,16-17H2,1H3. The number of benzene rings is 2. The van der Waals surface area contributed by atoms with Gasteiger partial charge in [-0.25, -0.2) is 0 Å². The molecule has 0 heterocycles. The Morgan fingerprint density at radius 2 is 1.85 bits per heavy atom. The van der Waals surface area contributed by atoms with Gasteiger partial charge in [0.05, 0.1) is 7.11 Å². The summed E-state index contributed by atoms with van der Waals surface area (Å²) >= 11 is 1.47. The Morgan fingerprint density at radius 1 is 1.10 bits per heavy atom. The van der Waals surface area contributed by atoms with E-state index >= 15 is 0 Å². The topological polar surface area (TPSA) is 70.5 Å². The van der Waals surface area contributed by atoms with Crippen LogP contribution in [-0.4, -0.2) is 13.0 Å². The number of methoxy groups -OCH3 is 1. The van der Waals surface area contributed by atoms with Crippen LogP contribution in [0.5, 0.6) is 11.5 Å². The van der Waals surface area contributed by atoms with Crippen LogP contribution in [0.1, 0.15) is 5.56 Å². The fraction of sp³-hybridized carbons (Fsp3) is 0.200. The Bertz CT molecular complexity index is 561. The maximum atomic E-state index is 5.99. The predicted octanol–water partition coefficient (Wildman–Crippen LogP) is 2.86. The molecule has 0 atom stereocenters. The van der Waals surface area contributed by atoms with Crippen LogP contribution in [0.3, 0.4) is 0 Å². The zero-order valence-corrected chi connectivity index (χ0v) is 12.2. The van der Waals surface area contributed by atoms with Crippen LogP contribution in [0.15, 0.2) is 47.4 Å². The minimum atomic E-state index is 0.470. The molecule has 5 heteroatoms. The highest BCUT2D eigenvalue weighted by atomic mass is 32.2. The molecule has 4 N–H and O–H groups in total. The van der Waals surface area contributed by atoms with Gasteiger partial charge in [0.2, 0.25) is 0 Å². The first-order chi connectivity index (χ1) is 9.74. The van der Waals surface area contributed by atoms with Gasteiger partial charge in [-0.3, -0.25) is 0 Å². The Kier molecular flexibility index (Phi) is 5.15.